The molecule has 1 saturated heterocycles. The van der Waals surface area contributed by atoms with E-state index >= 15 is 0 Å². The number of Topliss-reactive ketones (excluding diaryl/α,β-unsaturated/α-hetero) is 1. The van der Waals surface area contributed by atoms with Crippen LogP contribution in [-0.4, -0.2) is 51.3 Å². The summed E-state index contributed by atoms with van der Waals surface area (Å²) in [5.74, 6) is -1.65. The third-order valence-electron chi connectivity index (χ3n) is 5.38. The van der Waals surface area contributed by atoms with Gasteiger partial charge in [0.15, 0.2) is 5.76 Å². The van der Waals surface area contributed by atoms with E-state index in [1.807, 2.05) is 18.2 Å². The number of aliphatic hydroxyl groups excluding tert-OH is 1. The van der Waals surface area contributed by atoms with Crippen molar-refractivity contribution in [2.75, 3.05) is 20.3 Å². The predicted molar refractivity (Wildman–Crippen MR) is 117 cm³/mol. The maximum atomic E-state index is 13.1. The van der Waals surface area contributed by atoms with Crippen molar-refractivity contribution >= 4 is 34.7 Å². The zero-order valence-corrected chi connectivity index (χ0v) is 18.0. The molecule has 0 bridgehead atoms. The number of carbonyl (C=O) groups is 2. The molecule has 0 aliphatic carbocycles. The number of ether oxygens (including phenoxy) is 1. The first-order chi connectivity index (χ1) is 14.9. The Bertz CT molecular complexity index is 1200. The number of methoxy groups -OCH3 is 1. The standard InChI is InChI=1S/C23H22ClN3O4/c1-14-19(26-10-4-3-9-17(26)25-14)21(28)18-20(15-7-5-8-16(24)13-15)27(11-6-12-31-2)23(30)22(18)29/h3-5,7-10,13,20,28H,6,11-12H2,1-2H3. The van der Waals surface area contributed by atoms with Gasteiger partial charge in [-0.05, 0) is 43.2 Å². The normalized spacial score (nSPS) is 18.3. The van der Waals surface area contributed by atoms with Gasteiger partial charge in [0.25, 0.3) is 11.7 Å². The molecule has 1 amide bonds. The highest BCUT2D eigenvalue weighted by Crippen LogP contribution is 2.40. The molecule has 2 aromatic heterocycles. The number of rotatable bonds is 6. The minimum atomic E-state index is -0.760. The maximum absolute atomic E-state index is 13.1. The fourth-order valence-electron chi connectivity index (χ4n) is 4.04. The lowest BCUT2D eigenvalue weighted by molar-refractivity contribution is -0.140. The number of hydrogen-bond donors (Lipinski definition) is 1. The van der Waals surface area contributed by atoms with E-state index in [2.05, 4.69) is 4.98 Å². The predicted octanol–water partition coefficient (Wildman–Crippen LogP) is 3.75. The average molecular weight is 440 g/mol. The molecule has 3 aromatic rings. The van der Waals surface area contributed by atoms with Crippen molar-refractivity contribution in [3.05, 3.63) is 76.2 Å². The summed E-state index contributed by atoms with van der Waals surface area (Å²) in [6.45, 7) is 2.50. The number of halogens is 1. The van der Waals surface area contributed by atoms with E-state index in [0.717, 1.165) is 0 Å². The van der Waals surface area contributed by atoms with Gasteiger partial charge in [-0.15, -0.1) is 0 Å². The number of likely N-dealkylation sites (tertiary alicyclic amines) is 1. The highest BCUT2D eigenvalue weighted by atomic mass is 35.5. The molecule has 0 spiro atoms. The molecule has 1 N–H and O–H groups in total. The fraction of sp³-hybridized carbons (Fsp3) is 0.261. The third kappa shape index (κ3) is 3.71. The van der Waals surface area contributed by atoms with Crippen LogP contribution in [0, 0.1) is 6.92 Å². The van der Waals surface area contributed by atoms with Crippen LogP contribution in [0.25, 0.3) is 11.4 Å². The highest BCUT2D eigenvalue weighted by Gasteiger charge is 2.46. The minimum Gasteiger partial charge on any atom is -0.505 e. The lowest BCUT2D eigenvalue weighted by Crippen LogP contribution is -2.31. The smallest absolute Gasteiger partial charge is 0.295 e. The summed E-state index contributed by atoms with van der Waals surface area (Å²) in [7, 11) is 1.58. The van der Waals surface area contributed by atoms with Gasteiger partial charge >= 0.3 is 0 Å². The molecule has 0 radical (unpaired) electrons. The summed E-state index contributed by atoms with van der Waals surface area (Å²) < 4.78 is 6.81. The van der Waals surface area contributed by atoms with Crippen LogP contribution >= 0.6 is 11.6 Å². The van der Waals surface area contributed by atoms with E-state index in [-0.39, 0.29) is 11.3 Å². The minimum absolute atomic E-state index is 0.0263. The van der Waals surface area contributed by atoms with Crippen molar-refractivity contribution in [2.24, 2.45) is 0 Å². The second-order valence-corrected chi connectivity index (χ2v) is 7.80. The van der Waals surface area contributed by atoms with Gasteiger partial charge in [0.2, 0.25) is 0 Å². The first kappa shape index (κ1) is 21.1. The van der Waals surface area contributed by atoms with Crippen molar-refractivity contribution in [3.8, 4) is 0 Å². The van der Waals surface area contributed by atoms with E-state index in [4.69, 9.17) is 16.3 Å². The molecule has 1 unspecified atom stereocenters. The Morgan fingerprint density at radius 2 is 2.03 bits per heavy atom. The van der Waals surface area contributed by atoms with Crippen molar-refractivity contribution in [3.63, 3.8) is 0 Å². The second kappa shape index (κ2) is 8.53. The molecule has 160 valence electrons. The third-order valence-corrected chi connectivity index (χ3v) is 5.62. The van der Waals surface area contributed by atoms with Gasteiger partial charge in [-0.2, -0.15) is 0 Å². The van der Waals surface area contributed by atoms with Crippen LogP contribution in [0.1, 0.15) is 29.4 Å². The molecule has 0 saturated carbocycles. The number of aromatic nitrogens is 2. The van der Waals surface area contributed by atoms with E-state index in [1.165, 1.54) is 4.90 Å². The summed E-state index contributed by atoms with van der Waals surface area (Å²) >= 11 is 6.20. The number of nitrogens with zero attached hydrogens (tertiary/aromatic N) is 3. The number of aliphatic hydroxyl groups is 1. The molecule has 1 aliphatic heterocycles. The Balaban J connectivity index is 1.91. The summed E-state index contributed by atoms with van der Waals surface area (Å²) in [5.41, 5.74) is 2.25. The molecule has 1 atom stereocenters. The summed E-state index contributed by atoms with van der Waals surface area (Å²) in [6, 6.07) is 11.7. The highest BCUT2D eigenvalue weighted by molar-refractivity contribution is 6.46. The molecule has 1 fully saturated rings. The SMILES string of the molecule is COCCCN1C(=O)C(=O)C(=C(O)c2c(C)nc3ccccn23)C1c1cccc(Cl)c1. The number of carbonyl (C=O) groups excluding carboxylic acids is 2. The summed E-state index contributed by atoms with van der Waals surface area (Å²) in [5, 5.41) is 11.8. The number of pyridine rings is 1. The largest absolute Gasteiger partial charge is 0.505 e. The van der Waals surface area contributed by atoms with E-state index in [9.17, 15) is 14.7 Å². The van der Waals surface area contributed by atoms with Gasteiger partial charge in [-0.1, -0.05) is 29.8 Å². The van der Waals surface area contributed by atoms with E-state index in [0.29, 0.717) is 47.2 Å². The van der Waals surface area contributed by atoms with Crippen LogP contribution in [0.5, 0.6) is 0 Å². The Morgan fingerprint density at radius 1 is 1.23 bits per heavy atom. The first-order valence-electron chi connectivity index (χ1n) is 9.91. The van der Waals surface area contributed by atoms with Crippen molar-refractivity contribution in [1.29, 1.82) is 0 Å². The Morgan fingerprint density at radius 3 is 2.77 bits per heavy atom. The average Bonchev–Trinajstić information content (AvgIpc) is 3.22. The molecule has 7 nitrogen and oxygen atoms in total. The molecule has 1 aliphatic rings. The van der Waals surface area contributed by atoms with Gasteiger partial charge in [0.05, 0.1) is 17.3 Å². The number of fused-ring (bicyclic) bond motifs is 1. The quantitative estimate of drug-likeness (QED) is 0.273. The molecule has 3 heterocycles. The van der Waals surface area contributed by atoms with Gasteiger partial charge in [0, 0.05) is 31.5 Å². The number of amides is 1. The Kier molecular flexibility index (Phi) is 5.80. The van der Waals surface area contributed by atoms with Gasteiger partial charge in [0.1, 0.15) is 11.3 Å². The zero-order chi connectivity index (χ0) is 22.1. The lowest BCUT2D eigenvalue weighted by Gasteiger charge is -2.25. The molecule has 1 aromatic carbocycles. The summed E-state index contributed by atoms with van der Waals surface area (Å²) in [4.78, 5) is 32.0. The van der Waals surface area contributed by atoms with Crippen LogP contribution in [0.15, 0.2) is 54.2 Å². The number of aryl methyl sites for hydroxylation is 1. The van der Waals surface area contributed by atoms with Crippen LogP contribution < -0.4 is 0 Å². The number of imidazole rings is 1. The number of hydrogen-bond acceptors (Lipinski definition) is 5. The van der Waals surface area contributed by atoms with E-state index < -0.39 is 17.7 Å². The van der Waals surface area contributed by atoms with Crippen LogP contribution in [-0.2, 0) is 14.3 Å². The van der Waals surface area contributed by atoms with Gasteiger partial charge < -0.3 is 14.7 Å². The van der Waals surface area contributed by atoms with Crippen molar-refractivity contribution in [1.82, 2.24) is 14.3 Å². The van der Waals surface area contributed by atoms with Crippen LogP contribution in [0.3, 0.4) is 0 Å². The maximum Gasteiger partial charge on any atom is 0.295 e. The molecule has 8 heteroatoms. The monoisotopic (exact) mass is 439 g/mol. The number of ketones is 1. The van der Waals surface area contributed by atoms with Gasteiger partial charge in [-0.3, -0.25) is 14.0 Å². The molecule has 31 heavy (non-hydrogen) atoms. The number of benzene rings is 1. The Labute approximate surface area is 184 Å². The first-order valence-corrected chi connectivity index (χ1v) is 10.3. The molecule has 4 rings (SSSR count). The van der Waals surface area contributed by atoms with Crippen LogP contribution in [0.4, 0.5) is 0 Å². The van der Waals surface area contributed by atoms with Crippen molar-refractivity contribution in [2.45, 2.75) is 19.4 Å². The Hall–Kier alpha value is -3.16. The fourth-order valence-corrected chi connectivity index (χ4v) is 4.24. The van der Waals surface area contributed by atoms with E-state index in [1.54, 1.807) is 48.9 Å². The lowest BCUT2D eigenvalue weighted by atomic mass is 9.96. The molecular formula is C23H22ClN3O4. The zero-order valence-electron chi connectivity index (χ0n) is 17.2. The second-order valence-electron chi connectivity index (χ2n) is 7.37. The molecular weight excluding hydrogens is 418 g/mol. The topological polar surface area (TPSA) is 84.1 Å². The van der Waals surface area contributed by atoms with Crippen molar-refractivity contribution < 1.29 is 19.4 Å². The van der Waals surface area contributed by atoms with Gasteiger partial charge in [-0.25, -0.2) is 4.98 Å². The summed E-state index contributed by atoms with van der Waals surface area (Å²) in [6.07, 6.45) is 2.31. The van der Waals surface area contributed by atoms with Crippen LogP contribution in [0.2, 0.25) is 5.02 Å².